The molecule has 0 radical (unpaired) electrons. The number of hydrogen-bond acceptors (Lipinski definition) is 4. The lowest BCUT2D eigenvalue weighted by molar-refractivity contribution is -0.121. The molecule has 0 saturated heterocycles. The number of carbonyl (C=O) groups excluding carboxylic acids is 3. The van der Waals surface area contributed by atoms with Crippen LogP contribution in [0.5, 0.6) is 0 Å². The largest absolute Gasteiger partial charge is 0.465 e. The van der Waals surface area contributed by atoms with Gasteiger partial charge in [-0.1, -0.05) is 35.9 Å². The third kappa shape index (κ3) is 5.95. The molecule has 2 aromatic carbocycles. The van der Waals surface area contributed by atoms with Crippen molar-refractivity contribution in [2.75, 3.05) is 18.6 Å². The molecule has 1 N–H and O–H groups in total. The van der Waals surface area contributed by atoms with E-state index in [1.807, 2.05) is 31.2 Å². The van der Waals surface area contributed by atoms with Gasteiger partial charge in [-0.15, -0.1) is 0 Å². The van der Waals surface area contributed by atoms with Gasteiger partial charge in [0.25, 0.3) is 0 Å². The molecule has 0 atom stereocenters. The van der Waals surface area contributed by atoms with Crippen molar-refractivity contribution in [3.8, 4) is 0 Å². The van der Waals surface area contributed by atoms with Gasteiger partial charge in [-0.2, -0.15) is 0 Å². The van der Waals surface area contributed by atoms with Crippen LogP contribution in [-0.2, 0) is 20.9 Å². The predicted octanol–water partition coefficient (Wildman–Crippen LogP) is 2.84. The van der Waals surface area contributed by atoms with Crippen LogP contribution >= 0.6 is 0 Å². The van der Waals surface area contributed by atoms with Crippen molar-refractivity contribution in [3.05, 3.63) is 65.2 Å². The van der Waals surface area contributed by atoms with Crippen molar-refractivity contribution >= 4 is 23.5 Å². The highest BCUT2D eigenvalue weighted by molar-refractivity contribution is 5.95. The maximum atomic E-state index is 12.2. The van der Waals surface area contributed by atoms with Crippen LogP contribution in [0.3, 0.4) is 0 Å². The van der Waals surface area contributed by atoms with Crippen molar-refractivity contribution < 1.29 is 19.1 Å². The summed E-state index contributed by atoms with van der Waals surface area (Å²) in [7, 11) is 1.30. The summed E-state index contributed by atoms with van der Waals surface area (Å²) in [5.41, 5.74) is 3.06. The molecular formula is C21H24N2O4. The number of nitrogens with one attached hydrogen (secondary N) is 1. The summed E-state index contributed by atoms with van der Waals surface area (Å²) in [5.74, 6) is -0.827. The van der Waals surface area contributed by atoms with Gasteiger partial charge in [0, 0.05) is 32.1 Å². The number of benzene rings is 2. The average molecular weight is 368 g/mol. The molecule has 2 aromatic rings. The molecule has 0 aliphatic rings. The van der Waals surface area contributed by atoms with Crippen LogP contribution in [0, 0.1) is 6.92 Å². The third-order valence-corrected chi connectivity index (χ3v) is 4.09. The van der Waals surface area contributed by atoms with E-state index in [0.29, 0.717) is 17.8 Å². The number of esters is 1. The lowest BCUT2D eigenvalue weighted by atomic mass is 10.1. The zero-order valence-electron chi connectivity index (χ0n) is 15.8. The Bertz CT molecular complexity index is 832. The van der Waals surface area contributed by atoms with Gasteiger partial charge in [0.15, 0.2) is 0 Å². The zero-order valence-corrected chi connectivity index (χ0v) is 15.8. The normalized spacial score (nSPS) is 10.2. The fourth-order valence-electron chi connectivity index (χ4n) is 2.71. The first-order valence-electron chi connectivity index (χ1n) is 8.69. The number of nitrogens with zero attached hydrogens (tertiary/aromatic N) is 1. The van der Waals surface area contributed by atoms with Gasteiger partial charge in [-0.25, -0.2) is 4.79 Å². The quantitative estimate of drug-likeness (QED) is 0.763. The van der Waals surface area contributed by atoms with Gasteiger partial charge in [-0.05, 0) is 30.7 Å². The number of aryl methyl sites for hydroxylation is 1. The van der Waals surface area contributed by atoms with E-state index in [1.165, 1.54) is 18.9 Å². The second-order valence-corrected chi connectivity index (χ2v) is 6.23. The molecule has 0 fully saturated rings. The van der Waals surface area contributed by atoms with Crippen LogP contribution in [0.4, 0.5) is 5.69 Å². The summed E-state index contributed by atoms with van der Waals surface area (Å²) in [6, 6.07) is 14.5. The Kier molecular flexibility index (Phi) is 7.11. The Morgan fingerprint density at radius 1 is 1.07 bits per heavy atom. The Morgan fingerprint density at radius 2 is 1.81 bits per heavy atom. The van der Waals surface area contributed by atoms with Crippen molar-refractivity contribution in [1.29, 1.82) is 0 Å². The highest BCUT2D eigenvalue weighted by atomic mass is 16.5. The number of hydrogen-bond donors (Lipinski definition) is 1. The second-order valence-electron chi connectivity index (χ2n) is 6.23. The molecule has 0 unspecified atom stereocenters. The number of ether oxygens (including phenoxy) is 1. The highest BCUT2D eigenvalue weighted by Gasteiger charge is 2.15. The lowest BCUT2D eigenvalue weighted by Gasteiger charge is -2.21. The van der Waals surface area contributed by atoms with Crippen LogP contribution in [0.1, 0.15) is 34.8 Å². The van der Waals surface area contributed by atoms with Gasteiger partial charge in [0.1, 0.15) is 0 Å². The lowest BCUT2D eigenvalue weighted by Crippen LogP contribution is -2.33. The number of rotatable bonds is 7. The number of methoxy groups -OCH3 is 1. The fraction of sp³-hybridized carbons (Fsp3) is 0.286. The minimum absolute atomic E-state index is 0.146. The topological polar surface area (TPSA) is 75.7 Å². The molecule has 0 heterocycles. The number of anilines is 1. The van der Waals surface area contributed by atoms with E-state index in [0.717, 1.165) is 11.1 Å². The van der Waals surface area contributed by atoms with Crippen LogP contribution in [0.2, 0.25) is 0 Å². The monoisotopic (exact) mass is 368 g/mol. The minimum Gasteiger partial charge on any atom is -0.465 e. The molecule has 0 aromatic heterocycles. The molecule has 0 aliphatic carbocycles. The smallest absolute Gasteiger partial charge is 0.337 e. The summed E-state index contributed by atoms with van der Waals surface area (Å²) in [6.07, 6.45) is 0.161. The maximum absolute atomic E-state index is 12.2. The van der Waals surface area contributed by atoms with E-state index < -0.39 is 5.97 Å². The van der Waals surface area contributed by atoms with Crippen LogP contribution in [0.15, 0.2) is 48.5 Å². The molecule has 0 saturated carbocycles. The first-order valence-corrected chi connectivity index (χ1v) is 8.69. The third-order valence-electron chi connectivity index (χ3n) is 4.09. The summed E-state index contributed by atoms with van der Waals surface area (Å²) < 4.78 is 4.71. The van der Waals surface area contributed by atoms with Crippen LogP contribution < -0.4 is 10.2 Å². The molecule has 6 heteroatoms. The van der Waals surface area contributed by atoms with Gasteiger partial charge in [0.05, 0.1) is 12.7 Å². The molecule has 0 aliphatic heterocycles. The molecule has 0 bridgehead atoms. The second kappa shape index (κ2) is 9.52. The molecule has 0 spiro atoms. The molecular weight excluding hydrogens is 344 g/mol. The highest BCUT2D eigenvalue weighted by Crippen LogP contribution is 2.17. The summed E-state index contributed by atoms with van der Waals surface area (Å²) in [5, 5.41) is 2.86. The minimum atomic E-state index is -0.476. The maximum Gasteiger partial charge on any atom is 0.337 e. The predicted molar refractivity (Wildman–Crippen MR) is 103 cm³/mol. The Labute approximate surface area is 159 Å². The first-order chi connectivity index (χ1) is 12.9. The van der Waals surface area contributed by atoms with E-state index in [1.54, 1.807) is 24.3 Å². The van der Waals surface area contributed by atoms with Crippen molar-refractivity contribution in [3.63, 3.8) is 0 Å². The Hall–Kier alpha value is -3.15. The Balaban J connectivity index is 1.97. The van der Waals surface area contributed by atoms with Crippen LogP contribution in [0.25, 0.3) is 0 Å². The van der Waals surface area contributed by atoms with E-state index in [2.05, 4.69) is 5.32 Å². The molecule has 142 valence electrons. The molecule has 27 heavy (non-hydrogen) atoms. The summed E-state index contributed by atoms with van der Waals surface area (Å²) in [6.45, 7) is 4.09. The van der Waals surface area contributed by atoms with Crippen LogP contribution in [-0.4, -0.2) is 31.4 Å². The molecule has 6 nitrogen and oxygen atoms in total. The van der Waals surface area contributed by atoms with E-state index >= 15 is 0 Å². The van der Waals surface area contributed by atoms with Crippen molar-refractivity contribution in [2.24, 2.45) is 0 Å². The SMILES string of the molecule is COC(=O)c1cccc(N(CCC(=O)NCc2cccc(C)c2)C(C)=O)c1. The first kappa shape index (κ1) is 20.2. The van der Waals surface area contributed by atoms with Crippen molar-refractivity contribution in [1.82, 2.24) is 5.32 Å². The van der Waals surface area contributed by atoms with E-state index in [4.69, 9.17) is 4.74 Å². The number of amides is 2. The molecule has 2 rings (SSSR count). The van der Waals surface area contributed by atoms with E-state index in [-0.39, 0.29) is 24.8 Å². The van der Waals surface area contributed by atoms with Gasteiger partial charge >= 0.3 is 5.97 Å². The van der Waals surface area contributed by atoms with Gasteiger partial charge < -0.3 is 15.0 Å². The number of carbonyl (C=O) groups is 3. The summed E-state index contributed by atoms with van der Waals surface area (Å²) in [4.78, 5) is 37.3. The standard InChI is InChI=1S/C21H24N2O4/c1-15-6-4-7-17(12-15)14-22-20(25)10-11-23(16(2)24)19-9-5-8-18(13-19)21(26)27-3/h4-9,12-13H,10-11,14H2,1-3H3,(H,22,25). The van der Waals surface area contributed by atoms with Gasteiger partial charge in [0.2, 0.25) is 11.8 Å². The zero-order chi connectivity index (χ0) is 19.8. The molecule has 2 amide bonds. The summed E-state index contributed by atoms with van der Waals surface area (Å²) >= 11 is 0. The van der Waals surface area contributed by atoms with E-state index in [9.17, 15) is 14.4 Å². The van der Waals surface area contributed by atoms with Crippen molar-refractivity contribution in [2.45, 2.75) is 26.8 Å². The fourth-order valence-corrected chi connectivity index (χ4v) is 2.71. The van der Waals surface area contributed by atoms with Gasteiger partial charge in [-0.3, -0.25) is 9.59 Å². The average Bonchev–Trinajstić information content (AvgIpc) is 2.66. The Morgan fingerprint density at radius 3 is 2.48 bits per heavy atom.